The normalized spacial score (nSPS) is 13.5. The Hall–Kier alpha value is -3.78. The van der Waals surface area contributed by atoms with Gasteiger partial charge in [0.25, 0.3) is 0 Å². The third kappa shape index (κ3) is 6.14. The van der Waals surface area contributed by atoms with E-state index in [4.69, 9.17) is 14.7 Å². The van der Waals surface area contributed by atoms with Crippen LogP contribution in [0.5, 0.6) is 5.75 Å². The van der Waals surface area contributed by atoms with Gasteiger partial charge in [0.15, 0.2) is 5.16 Å². The number of benzene rings is 3. The number of rotatable bonds is 9. The summed E-state index contributed by atoms with van der Waals surface area (Å²) in [6.07, 6.45) is 0.904. The minimum atomic E-state index is 0.111. The van der Waals surface area contributed by atoms with Crippen LogP contribution in [0.25, 0.3) is 10.9 Å². The molecule has 0 bridgehead atoms. The molecule has 1 aliphatic rings. The Kier molecular flexibility index (Phi) is 8.05. The Balaban J connectivity index is 1.19. The van der Waals surface area contributed by atoms with Crippen LogP contribution in [0.2, 0.25) is 0 Å². The fourth-order valence-corrected chi connectivity index (χ4v) is 5.28. The molecule has 1 aliphatic heterocycles. The number of nitrogens with one attached hydrogen (secondary N) is 1. The second-order valence-corrected chi connectivity index (χ2v) is 9.81. The zero-order chi connectivity index (χ0) is 25.5. The van der Waals surface area contributed by atoms with Gasteiger partial charge in [0, 0.05) is 38.1 Å². The highest BCUT2D eigenvalue weighted by Crippen LogP contribution is 2.29. The number of aromatic nitrogens is 2. The molecule has 37 heavy (non-hydrogen) atoms. The van der Waals surface area contributed by atoms with Gasteiger partial charge in [-0.3, -0.25) is 4.79 Å². The van der Waals surface area contributed by atoms with Crippen molar-refractivity contribution in [1.82, 2.24) is 14.9 Å². The SMILES string of the molecule is COc1ccccc1N1CCN(C(=O)CSc2nc(NCCc3ccccc3)c3ccccc3n2)CC1. The molecule has 2 heterocycles. The van der Waals surface area contributed by atoms with Gasteiger partial charge >= 0.3 is 0 Å². The van der Waals surface area contributed by atoms with Crippen LogP contribution in [-0.2, 0) is 11.2 Å². The molecule has 1 aromatic heterocycles. The second-order valence-electron chi connectivity index (χ2n) is 8.86. The standard InChI is InChI=1S/C29H31N5O2S/c1-36-26-14-8-7-13-25(26)33-17-19-34(20-18-33)27(35)21-37-29-31-24-12-6-5-11-23(24)28(32-29)30-16-15-22-9-3-2-4-10-22/h2-14H,15-21H2,1H3,(H,30,31,32). The molecular weight excluding hydrogens is 482 g/mol. The molecule has 3 aromatic carbocycles. The molecule has 5 rings (SSSR count). The number of methoxy groups -OCH3 is 1. The molecule has 0 aliphatic carbocycles. The number of carbonyl (C=O) groups is 1. The molecule has 1 amide bonds. The maximum atomic E-state index is 13.0. The summed E-state index contributed by atoms with van der Waals surface area (Å²) < 4.78 is 5.50. The van der Waals surface area contributed by atoms with E-state index in [9.17, 15) is 4.79 Å². The lowest BCUT2D eigenvalue weighted by Crippen LogP contribution is -2.49. The zero-order valence-corrected chi connectivity index (χ0v) is 21.8. The van der Waals surface area contributed by atoms with E-state index in [1.807, 2.05) is 53.4 Å². The van der Waals surface area contributed by atoms with Crippen LogP contribution >= 0.6 is 11.8 Å². The fraction of sp³-hybridized carbons (Fsp3) is 0.276. The molecule has 7 nitrogen and oxygen atoms in total. The predicted molar refractivity (Wildman–Crippen MR) is 151 cm³/mol. The number of para-hydroxylation sites is 3. The number of anilines is 2. The third-order valence-electron chi connectivity index (χ3n) is 6.51. The van der Waals surface area contributed by atoms with E-state index in [-0.39, 0.29) is 5.91 Å². The van der Waals surface area contributed by atoms with Crippen molar-refractivity contribution in [3.05, 3.63) is 84.4 Å². The van der Waals surface area contributed by atoms with E-state index in [1.165, 1.54) is 17.3 Å². The Morgan fingerprint density at radius 2 is 1.65 bits per heavy atom. The number of carbonyl (C=O) groups excluding carboxylic acids is 1. The summed E-state index contributed by atoms with van der Waals surface area (Å²) in [5, 5.41) is 5.08. The van der Waals surface area contributed by atoms with Gasteiger partial charge < -0.3 is 19.9 Å². The van der Waals surface area contributed by atoms with Crippen molar-refractivity contribution in [1.29, 1.82) is 0 Å². The number of amides is 1. The lowest BCUT2D eigenvalue weighted by atomic mass is 10.1. The van der Waals surface area contributed by atoms with Gasteiger partial charge in [0.05, 0.1) is 24.1 Å². The molecular formula is C29H31N5O2S. The highest BCUT2D eigenvalue weighted by molar-refractivity contribution is 7.99. The van der Waals surface area contributed by atoms with E-state index in [2.05, 4.69) is 40.5 Å². The van der Waals surface area contributed by atoms with Crippen molar-refractivity contribution in [3.63, 3.8) is 0 Å². The van der Waals surface area contributed by atoms with Gasteiger partial charge in [-0.25, -0.2) is 9.97 Å². The number of hydrogen-bond donors (Lipinski definition) is 1. The van der Waals surface area contributed by atoms with Gasteiger partial charge in [0.1, 0.15) is 11.6 Å². The van der Waals surface area contributed by atoms with Gasteiger partial charge in [-0.2, -0.15) is 0 Å². The molecule has 190 valence electrons. The first-order valence-electron chi connectivity index (χ1n) is 12.5. The molecule has 0 saturated carbocycles. The molecule has 0 radical (unpaired) electrons. The highest BCUT2D eigenvalue weighted by atomic mass is 32.2. The number of ether oxygens (including phenoxy) is 1. The Bertz CT molecular complexity index is 1340. The van der Waals surface area contributed by atoms with Crippen LogP contribution in [0.4, 0.5) is 11.5 Å². The molecule has 1 N–H and O–H groups in total. The van der Waals surface area contributed by atoms with E-state index < -0.39 is 0 Å². The largest absolute Gasteiger partial charge is 0.495 e. The highest BCUT2D eigenvalue weighted by Gasteiger charge is 2.23. The zero-order valence-electron chi connectivity index (χ0n) is 21.0. The second kappa shape index (κ2) is 12.0. The van der Waals surface area contributed by atoms with Gasteiger partial charge in [-0.05, 0) is 36.2 Å². The molecule has 0 atom stereocenters. The number of nitrogens with zero attached hydrogens (tertiary/aromatic N) is 4. The third-order valence-corrected chi connectivity index (χ3v) is 7.35. The van der Waals surface area contributed by atoms with E-state index in [0.29, 0.717) is 24.0 Å². The maximum absolute atomic E-state index is 13.0. The molecule has 4 aromatic rings. The van der Waals surface area contributed by atoms with Gasteiger partial charge in [-0.15, -0.1) is 0 Å². The maximum Gasteiger partial charge on any atom is 0.233 e. The summed E-state index contributed by atoms with van der Waals surface area (Å²) in [7, 11) is 1.69. The molecule has 8 heteroatoms. The molecule has 0 unspecified atom stereocenters. The molecule has 1 fully saturated rings. The van der Waals surface area contributed by atoms with Crippen LogP contribution < -0.4 is 15.0 Å². The van der Waals surface area contributed by atoms with Crippen LogP contribution in [0, 0.1) is 0 Å². The first-order chi connectivity index (χ1) is 18.2. The summed E-state index contributed by atoms with van der Waals surface area (Å²) in [6, 6.07) is 26.4. The summed E-state index contributed by atoms with van der Waals surface area (Å²) in [6.45, 7) is 3.69. The quantitative estimate of drug-likeness (QED) is 0.256. The smallest absolute Gasteiger partial charge is 0.233 e. The fourth-order valence-electron chi connectivity index (χ4n) is 4.53. The Morgan fingerprint density at radius 3 is 2.46 bits per heavy atom. The van der Waals surface area contributed by atoms with Crippen LogP contribution in [0.1, 0.15) is 5.56 Å². The number of fused-ring (bicyclic) bond motifs is 1. The van der Waals surface area contributed by atoms with Crippen molar-refractivity contribution < 1.29 is 9.53 Å². The lowest BCUT2D eigenvalue weighted by Gasteiger charge is -2.36. The van der Waals surface area contributed by atoms with Crippen LogP contribution in [-0.4, -0.2) is 66.4 Å². The van der Waals surface area contributed by atoms with Gasteiger partial charge in [-0.1, -0.05) is 66.4 Å². The topological polar surface area (TPSA) is 70.6 Å². The number of hydrogen-bond acceptors (Lipinski definition) is 7. The minimum Gasteiger partial charge on any atom is -0.495 e. The summed E-state index contributed by atoms with van der Waals surface area (Å²) >= 11 is 1.40. The van der Waals surface area contributed by atoms with Crippen molar-refractivity contribution in [2.24, 2.45) is 0 Å². The first-order valence-corrected chi connectivity index (χ1v) is 13.5. The van der Waals surface area contributed by atoms with Crippen LogP contribution in [0.3, 0.4) is 0 Å². The van der Waals surface area contributed by atoms with Crippen molar-refractivity contribution >= 4 is 40.1 Å². The van der Waals surface area contributed by atoms with Gasteiger partial charge in [0.2, 0.25) is 5.91 Å². The average Bonchev–Trinajstić information content (AvgIpc) is 2.96. The number of thioether (sulfide) groups is 1. The van der Waals surface area contributed by atoms with Crippen molar-refractivity contribution in [2.45, 2.75) is 11.6 Å². The Labute approximate surface area is 221 Å². The summed E-state index contributed by atoms with van der Waals surface area (Å²) in [5.41, 5.74) is 3.22. The van der Waals surface area contributed by atoms with Crippen LogP contribution in [0.15, 0.2) is 84.0 Å². The monoisotopic (exact) mass is 513 g/mol. The molecule has 1 saturated heterocycles. The molecule has 0 spiro atoms. The summed E-state index contributed by atoms with van der Waals surface area (Å²) in [5.74, 6) is 2.09. The minimum absolute atomic E-state index is 0.111. The first kappa shape index (κ1) is 24.9. The Morgan fingerprint density at radius 1 is 0.919 bits per heavy atom. The van der Waals surface area contributed by atoms with E-state index >= 15 is 0 Å². The summed E-state index contributed by atoms with van der Waals surface area (Å²) in [4.78, 5) is 26.7. The average molecular weight is 514 g/mol. The van der Waals surface area contributed by atoms with E-state index in [1.54, 1.807) is 7.11 Å². The van der Waals surface area contributed by atoms with Crippen molar-refractivity contribution in [2.75, 3.05) is 55.8 Å². The van der Waals surface area contributed by atoms with E-state index in [0.717, 1.165) is 54.2 Å². The van der Waals surface area contributed by atoms with Crippen molar-refractivity contribution in [3.8, 4) is 5.75 Å². The predicted octanol–water partition coefficient (Wildman–Crippen LogP) is 4.73. The number of piperazine rings is 1. The lowest BCUT2D eigenvalue weighted by molar-refractivity contribution is -0.128.